The summed E-state index contributed by atoms with van der Waals surface area (Å²) in [6.45, 7) is 12.0. The van der Waals surface area contributed by atoms with Crippen molar-refractivity contribution in [3.05, 3.63) is 0 Å². The van der Waals surface area contributed by atoms with Gasteiger partial charge in [-0.3, -0.25) is 19.2 Å². The highest BCUT2D eigenvalue weighted by Crippen LogP contribution is 2.61. The predicted molar refractivity (Wildman–Crippen MR) is 207 cm³/mol. The molecule has 3 aliphatic rings. The number of ether oxygens (including phenoxy) is 4. The maximum atomic E-state index is 12.3. The second kappa shape index (κ2) is 22.9. The molecule has 0 amide bonds. The Balaban J connectivity index is 0.000000429. The van der Waals surface area contributed by atoms with Gasteiger partial charge in [0, 0.05) is 32.3 Å². The minimum atomic E-state index is -1.35. The van der Waals surface area contributed by atoms with Gasteiger partial charge in [-0.1, -0.05) is 6.42 Å². The minimum Gasteiger partial charge on any atom is -0.481 e. The second-order valence-electron chi connectivity index (χ2n) is 16.5. The van der Waals surface area contributed by atoms with Crippen LogP contribution >= 0.6 is 0 Å². The van der Waals surface area contributed by atoms with E-state index >= 15 is 0 Å². The predicted octanol–water partition coefficient (Wildman–Crippen LogP) is 7.20. The standard InChI is InChI=1S/C25H36N4O5.C16H24N4O5/c1-16(33-13-18-11-17-12-21(18)20-6-4-5-19(17)20)34-23(32)8-10-25(3,15-27)29-28-24(2,14-26)9-7-22(30)31;1-5-24-12(2)25-14(23)7-9-16(4,11-18)20-19-15(3,10-17)8-6-13(21)22/h16-21H,4-13H2,1-3H3,(H,30,31);12H,5-9H2,1-4H3,(H,21,22). The van der Waals surface area contributed by atoms with Crippen LogP contribution in [0.1, 0.15) is 132 Å². The summed E-state index contributed by atoms with van der Waals surface area (Å²) in [5, 5.41) is 70.5. The van der Waals surface area contributed by atoms with Gasteiger partial charge in [-0.05, 0) is 129 Å². The topological polar surface area (TPSA) is 290 Å². The molecule has 0 aromatic heterocycles. The number of hydrogen-bond acceptors (Lipinski definition) is 16. The summed E-state index contributed by atoms with van der Waals surface area (Å²) in [5.74, 6) is 0.872. The van der Waals surface area contributed by atoms with Gasteiger partial charge in [0.25, 0.3) is 0 Å². The molecule has 3 aliphatic carbocycles. The lowest BCUT2D eigenvalue weighted by atomic mass is 9.76. The van der Waals surface area contributed by atoms with Crippen molar-refractivity contribution in [1.82, 2.24) is 0 Å². The molecule has 0 radical (unpaired) electrons. The average molecular weight is 825 g/mol. The van der Waals surface area contributed by atoms with Gasteiger partial charge in [0.2, 0.25) is 0 Å². The third-order valence-electron chi connectivity index (χ3n) is 11.3. The van der Waals surface area contributed by atoms with Gasteiger partial charge in [0.1, 0.15) is 0 Å². The number of hydrogen-bond donors (Lipinski definition) is 2. The Labute approximate surface area is 346 Å². The Bertz CT molecular complexity index is 1700. The fourth-order valence-corrected chi connectivity index (χ4v) is 7.80. The molecule has 2 bridgehead atoms. The van der Waals surface area contributed by atoms with E-state index in [4.69, 9.17) is 34.4 Å². The summed E-state index contributed by atoms with van der Waals surface area (Å²) in [6, 6.07) is 7.80. The van der Waals surface area contributed by atoms with Gasteiger partial charge in [0.05, 0.1) is 30.9 Å². The molecule has 2 N–H and O–H groups in total. The van der Waals surface area contributed by atoms with Crippen LogP contribution in [-0.4, -0.2) is 82.0 Å². The van der Waals surface area contributed by atoms with E-state index in [2.05, 4.69) is 20.5 Å². The van der Waals surface area contributed by atoms with E-state index in [0.29, 0.717) is 19.1 Å². The molecule has 324 valence electrons. The zero-order valence-electron chi connectivity index (χ0n) is 35.4. The van der Waals surface area contributed by atoms with Gasteiger partial charge in [0.15, 0.2) is 34.7 Å². The van der Waals surface area contributed by atoms with Gasteiger partial charge in [-0.25, -0.2) is 0 Å². The molecule has 11 unspecified atom stereocenters. The van der Waals surface area contributed by atoms with Crippen LogP contribution in [0.3, 0.4) is 0 Å². The highest BCUT2D eigenvalue weighted by Gasteiger charge is 2.53. The molecule has 3 fully saturated rings. The maximum Gasteiger partial charge on any atom is 0.308 e. The van der Waals surface area contributed by atoms with Gasteiger partial charge < -0.3 is 29.2 Å². The summed E-state index contributed by atoms with van der Waals surface area (Å²) < 4.78 is 21.4. The van der Waals surface area contributed by atoms with E-state index in [1.807, 2.05) is 24.3 Å². The lowest BCUT2D eigenvalue weighted by Gasteiger charge is -2.32. The van der Waals surface area contributed by atoms with Crippen molar-refractivity contribution in [3.8, 4) is 24.3 Å². The Morgan fingerprint density at radius 3 is 1.41 bits per heavy atom. The number of fused-ring (bicyclic) bond motifs is 5. The van der Waals surface area contributed by atoms with Crippen LogP contribution in [0.4, 0.5) is 0 Å². The van der Waals surface area contributed by atoms with Crippen molar-refractivity contribution in [2.75, 3.05) is 13.2 Å². The number of nitriles is 4. The zero-order chi connectivity index (χ0) is 44.4. The lowest BCUT2D eigenvalue weighted by molar-refractivity contribution is -0.179. The molecule has 0 saturated heterocycles. The van der Waals surface area contributed by atoms with E-state index in [9.17, 15) is 35.0 Å². The summed E-state index contributed by atoms with van der Waals surface area (Å²) in [4.78, 5) is 45.5. The third kappa shape index (κ3) is 16.6. The molecule has 59 heavy (non-hydrogen) atoms. The van der Waals surface area contributed by atoms with Crippen LogP contribution in [0.25, 0.3) is 0 Å². The first kappa shape index (κ1) is 50.1. The second-order valence-corrected chi connectivity index (χ2v) is 16.5. The molecule has 18 nitrogen and oxygen atoms in total. The molecule has 3 saturated carbocycles. The quantitative estimate of drug-likeness (QED) is 0.0585. The van der Waals surface area contributed by atoms with Gasteiger partial charge >= 0.3 is 23.9 Å². The molecule has 0 spiro atoms. The van der Waals surface area contributed by atoms with Crippen LogP contribution in [0.15, 0.2) is 20.5 Å². The largest absolute Gasteiger partial charge is 0.481 e. The molecule has 0 aliphatic heterocycles. The number of nitrogens with zero attached hydrogens (tertiary/aromatic N) is 8. The van der Waals surface area contributed by atoms with E-state index in [1.165, 1.54) is 59.8 Å². The lowest BCUT2D eigenvalue weighted by Crippen LogP contribution is -2.30. The highest BCUT2D eigenvalue weighted by atomic mass is 16.7. The van der Waals surface area contributed by atoms with Crippen LogP contribution in [-0.2, 0) is 38.1 Å². The molecular weight excluding hydrogens is 764 g/mol. The monoisotopic (exact) mass is 824 g/mol. The molecule has 3 rings (SSSR count). The summed E-state index contributed by atoms with van der Waals surface area (Å²) in [6.07, 6.45) is 4.81. The van der Waals surface area contributed by atoms with Crippen LogP contribution < -0.4 is 0 Å². The van der Waals surface area contributed by atoms with Crippen molar-refractivity contribution >= 4 is 23.9 Å². The Morgan fingerprint density at radius 2 is 1.02 bits per heavy atom. The third-order valence-corrected chi connectivity index (χ3v) is 11.3. The fourth-order valence-electron chi connectivity index (χ4n) is 7.80. The number of aliphatic carboxylic acids is 2. The van der Waals surface area contributed by atoms with E-state index in [-0.39, 0.29) is 51.4 Å². The molecule has 11 atom stereocenters. The molecule has 0 heterocycles. The first-order valence-electron chi connectivity index (χ1n) is 20.3. The molecular formula is C41H60N8O10. The van der Waals surface area contributed by atoms with Crippen LogP contribution in [0.2, 0.25) is 0 Å². The number of carboxylic acids is 2. The Hall–Kier alpha value is -5.04. The zero-order valence-corrected chi connectivity index (χ0v) is 35.4. The van der Waals surface area contributed by atoms with Crippen molar-refractivity contribution in [3.63, 3.8) is 0 Å². The first-order chi connectivity index (χ1) is 27.7. The number of carbonyl (C=O) groups excluding carboxylic acids is 2. The summed E-state index contributed by atoms with van der Waals surface area (Å²) in [5.41, 5.74) is -5.35. The van der Waals surface area contributed by atoms with Gasteiger partial charge in [-0.2, -0.15) is 41.5 Å². The maximum absolute atomic E-state index is 12.3. The number of carbonyl (C=O) groups is 4. The molecule has 0 aromatic rings. The normalized spacial score (nSPS) is 25.4. The summed E-state index contributed by atoms with van der Waals surface area (Å²) >= 11 is 0. The van der Waals surface area contributed by atoms with Crippen LogP contribution in [0.5, 0.6) is 0 Å². The number of carboxylic acid groups (broad SMARTS) is 2. The Morgan fingerprint density at radius 1 is 0.627 bits per heavy atom. The van der Waals surface area contributed by atoms with Crippen molar-refractivity contribution in [2.45, 2.75) is 167 Å². The fraction of sp³-hybridized carbons (Fsp3) is 0.805. The van der Waals surface area contributed by atoms with Crippen molar-refractivity contribution in [2.24, 2.45) is 50.0 Å². The van der Waals surface area contributed by atoms with Crippen molar-refractivity contribution in [1.29, 1.82) is 21.0 Å². The number of esters is 2. The average Bonchev–Trinajstić information content (AvgIpc) is 3.94. The van der Waals surface area contributed by atoms with E-state index < -0.39 is 58.6 Å². The highest BCUT2D eigenvalue weighted by molar-refractivity contribution is 5.70. The smallest absolute Gasteiger partial charge is 0.308 e. The van der Waals surface area contributed by atoms with E-state index in [0.717, 1.165) is 23.7 Å². The Kier molecular flexibility index (Phi) is 19.5. The molecule has 0 aromatic carbocycles. The molecule has 18 heteroatoms. The van der Waals surface area contributed by atoms with Crippen molar-refractivity contribution < 1.29 is 48.3 Å². The first-order valence-corrected chi connectivity index (χ1v) is 20.3. The van der Waals surface area contributed by atoms with Crippen LogP contribution in [0, 0.1) is 74.9 Å². The van der Waals surface area contributed by atoms with E-state index in [1.54, 1.807) is 20.8 Å². The number of azo groups is 2. The SMILES string of the molecule is CC(OCC1CC2CC1C1CCCC21)OC(=O)CCC(C)(C#N)N=NC(C)(C#N)CCC(=O)O.CCOC(C)OC(=O)CCC(C)(C#N)N=NC(C)(C#N)CCC(=O)O. The number of rotatable bonds is 23. The minimum absolute atomic E-state index is 0.0231. The van der Waals surface area contributed by atoms with Gasteiger partial charge in [-0.15, -0.1) is 0 Å². The summed E-state index contributed by atoms with van der Waals surface area (Å²) in [7, 11) is 0.